The summed E-state index contributed by atoms with van der Waals surface area (Å²) in [5.41, 5.74) is 2.08. The summed E-state index contributed by atoms with van der Waals surface area (Å²) in [6.07, 6.45) is 3.44. The van der Waals surface area contributed by atoms with Crippen LogP contribution in [0.2, 0.25) is 0 Å². The number of aromatic nitrogens is 3. The number of rotatable bonds is 3. The maximum atomic E-state index is 12.2. The van der Waals surface area contributed by atoms with Crippen LogP contribution >= 0.6 is 0 Å². The Bertz CT molecular complexity index is 703. The van der Waals surface area contributed by atoms with Crippen molar-refractivity contribution in [3.63, 3.8) is 0 Å². The molecule has 2 heterocycles. The van der Waals surface area contributed by atoms with Gasteiger partial charge in [0.05, 0.1) is 6.04 Å². The van der Waals surface area contributed by atoms with Crippen LogP contribution in [-0.2, 0) is 0 Å². The van der Waals surface area contributed by atoms with Crippen LogP contribution in [0.1, 0.15) is 29.0 Å². The predicted molar refractivity (Wildman–Crippen MR) is 75.3 cm³/mol. The molecule has 0 fully saturated rings. The van der Waals surface area contributed by atoms with Crippen molar-refractivity contribution in [2.75, 3.05) is 0 Å². The van der Waals surface area contributed by atoms with E-state index in [4.69, 9.17) is 0 Å². The lowest BCUT2D eigenvalue weighted by Gasteiger charge is -2.12. The van der Waals surface area contributed by atoms with Crippen molar-refractivity contribution in [3.8, 4) is 0 Å². The molecular weight excluding hydrogens is 252 g/mol. The lowest BCUT2D eigenvalue weighted by molar-refractivity contribution is 0.0934. The van der Waals surface area contributed by atoms with Crippen molar-refractivity contribution in [3.05, 3.63) is 66.1 Å². The van der Waals surface area contributed by atoms with Crippen molar-refractivity contribution in [2.24, 2.45) is 0 Å². The molecule has 0 spiro atoms. The number of nitrogens with zero attached hydrogens (tertiary/aromatic N) is 3. The largest absolute Gasteiger partial charge is 0.344 e. The number of hydrogen-bond acceptors (Lipinski definition) is 3. The number of nitrogens with one attached hydrogen (secondary N) is 1. The quantitative estimate of drug-likeness (QED) is 0.790. The van der Waals surface area contributed by atoms with E-state index in [0.29, 0.717) is 11.3 Å². The van der Waals surface area contributed by atoms with E-state index in [1.165, 1.54) is 0 Å². The zero-order valence-corrected chi connectivity index (χ0v) is 11.0. The number of carbonyl (C=O) groups excluding carboxylic acids is 1. The summed E-state index contributed by atoms with van der Waals surface area (Å²) in [4.78, 5) is 16.3. The van der Waals surface area contributed by atoms with Gasteiger partial charge in [0.25, 0.3) is 5.91 Å². The highest BCUT2D eigenvalue weighted by Gasteiger charge is 2.14. The van der Waals surface area contributed by atoms with Crippen LogP contribution in [0, 0.1) is 0 Å². The number of amides is 1. The summed E-state index contributed by atoms with van der Waals surface area (Å²) in [5, 5.41) is 7.13. The predicted octanol–water partition coefficient (Wildman–Crippen LogP) is 2.22. The monoisotopic (exact) mass is 266 g/mol. The van der Waals surface area contributed by atoms with Crippen LogP contribution in [0.15, 0.2) is 54.9 Å². The second-order valence-electron chi connectivity index (χ2n) is 4.56. The van der Waals surface area contributed by atoms with Gasteiger partial charge in [0.15, 0.2) is 11.3 Å². The van der Waals surface area contributed by atoms with E-state index in [1.807, 2.05) is 37.3 Å². The first-order valence-corrected chi connectivity index (χ1v) is 6.40. The van der Waals surface area contributed by atoms with Crippen molar-refractivity contribution in [2.45, 2.75) is 13.0 Å². The maximum Gasteiger partial charge on any atom is 0.272 e. The highest BCUT2D eigenvalue weighted by Crippen LogP contribution is 2.12. The summed E-state index contributed by atoms with van der Waals surface area (Å²) < 4.78 is 1.59. The summed E-state index contributed by atoms with van der Waals surface area (Å²) in [5.74, 6) is -0.202. The lowest BCUT2D eigenvalue weighted by Crippen LogP contribution is -2.27. The molecule has 20 heavy (non-hydrogen) atoms. The van der Waals surface area contributed by atoms with Gasteiger partial charge in [0.2, 0.25) is 0 Å². The van der Waals surface area contributed by atoms with E-state index in [-0.39, 0.29) is 11.9 Å². The van der Waals surface area contributed by atoms with Gasteiger partial charge in [-0.1, -0.05) is 30.3 Å². The summed E-state index contributed by atoms with van der Waals surface area (Å²) >= 11 is 0. The molecule has 5 heteroatoms. The Labute approximate surface area is 116 Å². The maximum absolute atomic E-state index is 12.2. The molecule has 0 saturated carbocycles. The lowest BCUT2D eigenvalue weighted by atomic mass is 10.1. The third kappa shape index (κ3) is 2.38. The zero-order valence-electron chi connectivity index (χ0n) is 11.0. The number of carbonyl (C=O) groups is 1. The Kier molecular flexibility index (Phi) is 3.16. The molecular formula is C15H14N4O. The Morgan fingerprint density at radius 3 is 2.80 bits per heavy atom. The summed E-state index contributed by atoms with van der Waals surface area (Å²) in [6.45, 7) is 1.95. The highest BCUT2D eigenvalue weighted by atomic mass is 16.2. The molecule has 0 bridgehead atoms. The Morgan fingerprint density at radius 1 is 1.25 bits per heavy atom. The second-order valence-corrected chi connectivity index (χ2v) is 4.56. The van der Waals surface area contributed by atoms with Gasteiger partial charge >= 0.3 is 0 Å². The van der Waals surface area contributed by atoms with E-state index in [0.717, 1.165) is 5.56 Å². The molecule has 2 aromatic heterocycles. The SMILES string of the molecule is CC(NC(=O)c1cc2ncccn2n1)c1ccccc1. The van der Waals surface area contributed by atoms with Gasteiger partial charge < -0.3 is 5.32 Å². The van der Waals surface area contributed by atoms with Gasteiger partial charge in [-0.3, -0.25) is 4.79 Å². The first-order valence-electron chi connectivity index (χ1n) is 6.40. The zero-order chi connectivity index (χ0) is 13.9. The number of benzene rings is 1. The molecule has 1 amide bonds. The molecule has 0 aliphatic carbocycles. The normalized spacial score (nSPS) is 12.2. The fraction of sp³-hybridized carbons (Fsp3) is 0.133. The van der Waals surface area contributed by atoms with Gasteiger partial charge in [-0.2, -0.15) is 5.10 Å². The van der Waals surface area contributed by atoms with E-state index in [1.54, 1.807) is 29.0 Å². The first-order chi connectivity index (χ1) is 9.74. The molecule has 1 aromatic carbocycles. The van der Waals surface area contributed by atoms with E-state index < -0.39 is 0 Å². The molecule has 0 saturated heterocycles. The van der Waals surface area contributed by atoms with Crippen LogP contribution in [0.4, 0.5) is 0 Å². The number of fused-ring (bicyclic) bond motifs is 1. The topological polar surface area (TPSA) is 59.3 Å². The molecule has 1 atom stereocenters. The van der Waals surface area contributed by atoms with E-state index in [2.05, 4.69) is 15.4 Å². The van der Waals surface area contributed by atoms with Crippen molar-refractivity contribution in [1.82, 2.24) is 19.9 Å². The minimum absolute atomic E-state index is 0.0681. The third-order valence-corrected chi connectivity index (χ3v) is 3.12. The highest BCUT2D eigenvalue weighted by molar-refractivity contribution is 5.93. The van der Waals surface area contributed by atoms with Crippen LogP contribution in [-0.4, -0.2) is 20.5 Å². The van der Waals surface area contributed by atoms with Crippen LogP contribution < -0.4 is 5.32 Å². The Hall–Kier alpha value is -2.69. The first kappa shape index (κ1) is 12.3. The molecule has 0 aliphatic rings. The molecule has 3 aromatic rings. The average Bonchev–Trinajstić information content (AvgIpc) is 2.92. The van der Waals surface area contributed by atoms with Gasteiger partial charge in [0, 0.05) is 18.5 Å². The standard InChI is InChI=1S/C15H14N4O/c1-11(12-6-3-2-4-7-12)17-15(20)13-10-14-16-8-5-9-19(14)18-13/h2-11H,1H3,(H,17,20). The van der Waals surface area contributed by atoms with Gasteiger partial charge in [-0.25, -0.2) is 9.50 Å². The minimum atomic E-state index is -0.202. The van der Waals surface area contributed by atoms with Crippen molar-refractivity contribution < 1.29 is 4.79 Å². The fourth-order valence-electron chi connectivity index (χ4n) is 2.04. The summed E-state index contributed by atoms with van der Waals surface area (Å²) in [6, 6.07) is 13.2. The molecule has 1 N–H and O–H groups in total. The number of hydrogen-bond donors (Lipinski definition) is 1. The van der Waals surface area contributed by atoms with Gasteiger partial charge in [-0.15, -0.1) is 0 Å². The van der Waals surface area contributed by atoms with Crippen LogP contribution in [0.25, 0.3) is 5.65 Å². The van der Waals surface area contributed by atoms with Gasteiger partial charge in [-0.05, 0) is 18.6 Å². The molecule has 5 nitrogen and oxygen atoms in total. The smallest absolute Gasteiger partial charge is 0.272 e. The van der Waals surface area contributed by atoms with E-state index in [9.17, 15) is 4.79 Å². The molecule has 1 unspecified atom stereocenters. The fourth-order valence-corrected chi connectivity index (χ4v) is 2.04. The van der Waals surface area contributed by atoms with Gasteiger partial charge in [0.1, 0.15) is 0 Å². The minimum Gasteiger partial charge on any atom is -0.344 e. The molecule has 3 rings (SSSR count). The second kappa shape index (κ2) is 5.13. The average molecular weight is 266 g/mol. The summed E-state index contributed by atoms with van der Waals surface area (Å²) in [7, 11) is 0. The van der Waals surface area contributed by atoms with Crippen LogP contribution in [0.5, 0.6) is 0 Å². The Balaban J connectivity index is 1.79. The molecule has 100 valence electrons. The molecule has 0 radical (unpaired) electrons. The van der Waals surface area contributed by atoms with Crippen molar-refractivity contribution in [1.29, 1.82) is 0 Å². The van der Waals surface area contributed by atoms with Crippen LogP contribution in [0.3, 0.4) is 0 Å². The van der Waals surface area contributed by atoms with Crippen molar-refractivity contribution >= 4 is 11.6 Å². The third-order valence-electron chi connectivity index (χ3n) is 3.12. The Morgan fingerprint density at radius 2 is 2.05 bits per heavy atom. The van der Waals surface area contributed by atoms with E-state index >= 15 is 0 Å². The molecule has 0 aliphatic heterocycles.